The monoisotopic (exact) mass is 308 g/mol. The number of rotatable bonds is 4. The number of benzene rings is 1. The zero-order chi connectivity index (χ0) is 12.3. The number of sulfone groups is 1. The molecule has 0 aliphatic heterocycles. The van der Waals surface area contributed by atoms with E-state index in [1.807, 2.05) is 0 Å². The quantitative estimate of drug-likeness (QED) is 0.916. The van der Waals surface area contributed by atoms with Crippen LogP contribution in [0.3, 0.4) is 0 Å². The average Bonchev–Trinajstić information content (AvgIpc) is 2.14. The number of aliphatic hydroxyl groups excluding tert-OH is 1. The Labute approximate surface area is 103 Å². The summed E-state index contributed by atoms with van der Waals surface area (Å²) < 4.78 is 28.0. The highest BCUT2D eigenvalue weighted by Gasteiger charge is 2.18. The Bertz CT molecular complexity index is 470. The molecule has 1 atom stereocenters. The van der Waals surface area contributed by atoms with Crippen molar-refractivity contribution in [3.63, 3.8) is 0 Å². The lowest BCUT2D eigenvalue weighted by Crippen LogP contribution is -2.13. The molecule has 1 aromatic rings. The summed E-state index contributed by atoms with van der Waals surface area (Å²) in [5.41, 5.74) is 0.469. The van der Waals surface area contributed by atoms with Crippen molar-refractivity contribution < 1.29 is 18.3 Å². The SMILES string of the molecule is COc1cc(Br)ccc1C(O)CS(C)(=O)=O. The largest absolute Gasteiger partial charge is 0.496 e. The smallest absolute Gasteiger partial charge is 0.150 e. The molecule has 16 heavy (non-hydrogen) atoms. The number of halogens is 1. The molecule has 0 heterocycles. The van der Waals surface area contributed by atoms with Gasteiger partial charge in [0.15, 0.2) is 0 Å². The molecule has 0 spiro atoms. The van der Waals surface area contributed by atoms with Gasteiger partial charge in [-0.2, -0.15) is 0 Å². The molecule has 4 nitrogen and oxygen atoms in total. The van der Waals surface area contributed by atoms with Crippen LogP contribution in [0.25, 0.3) is 0 Å². The molecular weight excluding hydrogens is 296 g/mol. The number of hydrogen-bond donors (Lipinski definition) is 1. The third-order valence-corrected chi connectivity index (χ3v) is 3.43. The van der Waals surface area contributed by atoms with Crippen LogP contribution in [0.5, 0.6) is 5.75 Å². The van der Waals surface area contributed by atoms with Crippen molar-refractivity contribution in [2.75, 3.05) is 19.1 Å². The summed E-state index contributed by atoms with van der Waals surface area (Å²) in [6, 6.07) is 5.04. The standard InChI is InChI=1S/C10H13BrO4S/c1-15-10-5-7(11)3-4-8(10)9(12)6-16(2,13)14/h3-5,9,12H,6H2,1-2H3. The van der Waals surface area contributed by atoms with Crippen LogP contribution in [0.4, 0.5) is 0 Å². The molecule has 0 radical (unpaired) electrons. The fourth-order valence-electron chi connectivity index (χ4n) is 1.34. The Morgan fingerprint density at radius 3 is 2.62 bits per heavy atom. The van der Waals surface area contributed by atoms with Gasteiger partial charge >= 0.3 is 0 Å². The predicted octanol–water partition coefficient (Wildman–Crippen LogP) is 1.54. The van der Waals surface area contributed by atoms with Crippen molar-refractivity contribution in [2.45, 2.75) is 6.10 Å². The first-order chi connectivity index (χ1) is 7.33. The molecule has 0 bridgehead atoms. The Hall–Kier alpha value is -0.590. The highest BCUT2D eigenvalue weighted by molar-refractivity contribution is 9.10. The van der Waals surface area contributed by atoms with Gasteiger partial charge in [-0.05, 0) is 12.1 Å². The van der Waals surface area contributed by atoms with Crippen LogP contribution in [0.1, 0.15) is 11.7 Å². The van der Waals surface area contributed by atoms with Crippen molar-refractivity contribution >= 4 is 25.8 Å². The minimum atomic E-state index is -3.22. The van der Waals surface area contributed by atoms with Crippen LogP contribution in [0.15, 0.2) is 22.7 Å². The molecule has 0 amide bonds. The maximum absolute atomic E-state index is 11.1. The molecule has 0 saturated carbocycles. The summed E-state index contributed by atoms with van der Waals surface area (Å²) in [7, 11) is -1.75. The van der Waals surface area contributed by atoms with Crippen LogP contribution in [-0.2, 0) is 9.84 Å². The van der Waals surface area contributed by atoms with Crippen molar-refractivity contribution in [1.82, 2.24) is 0 Å². The van der Waals surface area contributed by atoms with Crippen molar-refractivity contribution in [3.05, 3.63) is 28.2 Å². The third-order valence-electron chi connectivity index (χ3n) is 2.02. The fraction of sp³-hybridized carbons (Fsp3) is 0.400. The van der Waals surface area contributed by atoms with E-state index in [1.54, 1.807) is 18.2 Å². The lowest BCUT2D eigenvalue weighted by Gasteiger charge is -2.14. The molecule has 0 aromatic heterocycles. The summed E-state index contributed by atoms with van der Waals surface area (Å²) >= 11 is 3.27. The van der Waals surface area contributed by atoms with Crippen LogP contribution >= 0.6 is 15.9 Å². The Morgan fingerprint density at radius 1 is 1.50 bits per heavy atom. The van der Waals surface area contributed by atoms with E-state index in [0.717, 1.165) is 10.7 Å². The van der Waals surface area contributed by atoms with E-state index >= 15 is 0 Å². The molecule has 1 N–H and O–H groups in total. The number of ether oxygens (including phenoxy) is 1. The summed E-state index contributed by atoms with van der Waals surface area (Å²) in [6.07, 6.45) is 0.0136. The van der Waals surface area contributed by atoms with Gasteiger partial charge in [0.1, 0.15) is 15.6 Å². The van der Waals surface area contributed by atoms with Gasteiger partial charge in [-0.1, -0.05) is 22.0 Å². The van der Waals surface area contributed by atoms with E-state index in [-0.39, 0.29) is 5.75 Å². The first-order valence-electron chi connectivity index (χ1n) is 4.52. The molecule has 90 valence electrons. The molecule has 0 aliphatic rings. The van der Waals surface area contributed by atoms with Crippen molar-refractivity contribution in [1.29, 1.82) is 0 Å². The van der Waals surface area contributed by atoms with Crippen molar-refractivity contribution in [2.24, 2.45) is 0 Å². The average molecular weight is 309 g/mol. The van der Waals surface area contributed by atoms with E-state index in [2.05, 4.69) is 15.9 Å². The summed E-state index contributed by atoms with van der Waals surface area (Å²) in [6.45, 7) is 0. The topological polar surface area (TPSA) is 63.6 Å². The van der Waals surface area contributed by atoms with Crippen LogP contribution in [-0.4, -0.2) is 32.6 Å². The van der Waals surface area contributed by atoms with Gasteiger partial charge < -0.3 is 9.84 Å². The van der Waals surface area contributed by atoms with Gasteiger partial charge in [0, 0.05) is 16.3 Å². The normalized spacial score (nSPS) is 13.5. The second kappa shape index (κ2) is 5.16. The Morgan fingerprint density at radius 2 is 2.12 bits per heavy atom. The Kier molecular flexibility index (Phi) is 4.35. The fourth-order valence-corrected chi connectivity index (χ4v) is 2.43. The van der Waals surface area contributed by atoms with Gasteiger partial charge in [-0.3, -0.25) is 0 Å². The van der Waals surface area contributed by atoms with Crippen LogP contribution in [0.2, 0.25) is 0 Å². The van der Waals surface area contributed by atoms with Gasteiger partial charge in [0.2, 0.25) is 0 Å². The number of aliphatic hydroxyl groups is 1. The first-order valence-corrected chi connectivity index (χ1v) is 7.38. The molecule has 1 unspecified atom stereocenters. The van der Waals surface area contributed by atoms with Crippen LogP contribution < -0.4 is 4.74 Å². The molecule has 0 aliphatic carbocycles. The van der Waals surface area contributed by atoms with Gasteiger partial charge in [-0.25, -0.2) is 8.42 Å². The lowest BCUT2D eigenvalue weighted by atomic mass is 10.1. The van der Waals surface area contributed by atoms with E-state index in [0.29, 0.717) is 11.3 Å². The minimum Gasteiger partial charge on any atom is -0.496 e. The van der Waals surface area contributed by atoms with E-state index < -0.39 is 15.9 Å². The summed E-state index contributed by atoms with van der Waals surface area (Å²) in [5, 5.41) is 9.78. The summed E-state index contributed by atoms with van der Waals surface area (Å²) in [4.78, 5) is 0. The van der Waals surface area contributed by atoms with E-state index in [1.165, 1.54) is 7.11 Å². The van der Waals surface area contributed by atoms with Gasteiger partial charge in [-0.15, -0.1) is 0 Å². The first kappa shape index (κ1) is 13.5. The maximum atomic E-state index is 11.1. The maximum Gasteiger partial charge on any atom is 0.150 e. The second-order valence-electron chi connectivity index (χ2n) is 3.49. The number of methoxy groups -OCH3 is 1. The molecule has 0 fully saturated rings. The Balaban J connectivity index is 3.03. The highest BCUT2D eigenvalue weighted by Crippen LogP contribution is 2.29. The zero-order valence-electron chi connectivity index (χ0n) is 8.97. The zero-order valence-corrected chi connectivity index (χ0v) is 11.4. The van der Waals surface area contributed by atoms with Gasteiger partial charge in [0.05, 0.1) is 19.0 Å². The van der Waals surface area contributed by atoms with Crippen LogP contribution in [0, 0.1) is 0 Å². The minimum absolute atomic E-state index is 0.314. The third kappa shape index (κ3) is 3.77. The van der Waals surface area contributed by atoms with E-state index in [9.17, 15) is 13.5 Å². The van der Waals surface area contributed by atoms with Crippen molar-refractivity contribution in [3.8, 4) is 5.75 Å². The van der Waals surface area contributed by atoms with Gasteiger partial charge in [0.25, 0.3) is 0 Å². The highest BCUT2D eigenvalue weighted by atomic mass is 79.9. The summed E-state index contributed by atoms with van der Waals surface area (Å²) in [5.74, 6) is 0.149. The molecule has 1 aromatic carbocycles. The van der Waals surface area contributed by atoms with E-state index in [4.69, 9.17) is 4.74 Å². The predicted molar refractivity (Wildman–Crippen MR) is 65.4 cm³/mol. The molecular formula is C10H13BrO4S. The lowest BCUT2D eigenvalue weighted by molar-refractivity contribution is 0.197. The molecule has 0 saturated heterocycles. The molecule has 1 rings (SSSR count). The molecule has 6 heteroatoms. The number of hydrogen-bond acceptors (Lipinski definition) is 4. The second-order valence-corrected chi connectivity index (χ2v) is 6.60.